The molecule has 8 heteroatoms. The normalized spacial score (nSPS) is 12.2. The Morgan fingerprint density at radius 2 is 2.00 bits per heavy atom. The van der Waals surface area contributed by atoms with Gasteiger partial charge < -0.3 is 25.8 Å². The number of carbonyl (C=O) groups excluding carboxylic acids is 1. The molecule has 0 heterocycles. The van der Waals surface area contributed by atoms with Gasteiger partial charge in [0, 0.05) is 13.6 Å². The third kappa shape index (κ3) is 7.14. The Labute approximate surface area is 163 Å². The fourth-order valence-corrected chi connectivity index (χ4v) is 2.35. The first-order valence-corrected chi connectivity index (χ1v) is 8.83. The van der Waals surface area contributed by atoms with Gasteiger partial charge in [-0.3, -0.25) is 9.79 Å². The van der Waals surface area contributed by atoms with Crippen LogP contribution in [0.4, 0.5) is 4.39 Å². The lowest BCUT2D eigenvalue weighted by Gasteiger charge is -2.18. The summed E-state index contributed by atoms with van der Waals surface area (Å²) in [5, 5.41) is 6.30. The largest absolute Gasteiger partial charge is 0.486 e. The molecule has 1 unspecified atom stereocenters. The number of guanidine groups is 1. The smallest absolute Gasteiger partial charge is 0.255 e. The number of carbonyl (C=O) groups is 1. The van der Waals surface area contributed by atoms with Crippen LogP contribution in [0.15, 0.2) is 53.5 Å². The SMILES string of the molecule is CN=C(NCc1cccc(OCC(N)=O)c1)NCC(C)Oc1ccccc1F. The first-order chi connectivity index (χ1) is 13.5. The number of ether oxygens (including phenoxy) is 2. The van der Waals surface area contributed by atoms with Gasteiger partial charge >= 0.3 is 0 Å². The van der Waals surface area contributed by atoms with Gasteiger partial charge in [0.15, 0.2) is 24.1 Å². The number of hydrogen-bond acceptors (Lipinski definition) is 4. The second-order valence-electron chi connectivity index (χ2n) is 6.07. The highest BCUT2D eigenvalue weighted by Crippen LogP contribution is 2.16. The molecule has 28 heavy (non-hydrogen) atoms. The molecule has 0 saturated carbocycles. The van der Waals surface area contributed by atoms with Gasteiger partial charge in [-0.2, -0.15) is 0 Å². The first-order valence-electron chi connectivity index (χ1n) is 8.83. The predicted molar refractivity (Wildman–Crippen MR) is 106 cm³/mol. The molecule has 0 bridgehead atoms. The lowest BCUT2D eigenvalue weighted by molar-refractivity contribution is -0.119. The number of para-hydroxylation sites is 1. The van der Waals surface area contributed by atoms with Crippen LogP contribution in [-0.4, -0.2) is 38.2 Å². The summed E-state index contributed by atoms with van der Waals surface area (Å²) in [7, 11) is 1.66. The molecule has 0 fully saturated rings. The maximum Gasteiger partial charge on any atom is 0.255 e. The van der Waals surface area contributed by atoms with E-state index in [2.05, 4.69) is 15.6 Å². The van der Waals surface area contributed by atoms with Crippen molar-refractivity contribution in [3.05, 3.63) is 59.9 Å². The zero-order valence-electron chi connectivity index (χ0n) is 15.9. The van der Waals surface area contributed by atoms with Crippen LogP contribution in [0.1, 0.15) is 12.5 Å². The fourth-order valence-electron chi connectivity index (χ4n) is 2.35. The molecule has 0 aliphatic rings. The van der Waals surface area contributed by atoms with Gasteiger partial charge in [-0.1, -0.05) is 24.3 Å². The van der Waals surface area contributed by atoms with E-state index in [-0.39, 0.29) is 18.5 Å². The van der Waals surface area contributed by atoms with Crippen LogP contribution < -0.4 is 25.8 Å². The van der Waals surface area contributed by atoms with Crippen molar-refractivity contribution in [1.29, 1.82) is 0 Å². The van der Waals surface area contributed by atoms with Crippen molar-refractivity contribution in [2.75, 3.05) is 20.2 Å². The Morgan fingerprint density at radius 1 is 1.21 bits per heavy atom. The Balaban J connectivity index is 1.80. The van der Waals surface area contributed by atoms with Gasteiger partial charge in [0.05, 0.1) is 6.54 Å². The molecule has 7 nitrogen and oxygen atoms in total. The summed E-state index contributed by atoms with van der Waals surface area (Å²) < 4.78 is 24.5. The number of amides is 1. The Morgan fingerprint density at radius 3 is 2.71 bits per heavy atom. The van der Waals surface area contributed by atoms with Crippen LogP contribution in [-0.2, 0) is 11.3 Å². The summed E-state index contributed by atoms with van der Waals surface area (Å²) in [4.78, 5) is 15.0. The quantitative estimate of drug-likeness (QED) is 0.450. The minimum Gasteiger partial charge on any atom is -0.486 e. The van der Waals surface area contributed by atoms with Gasteiger partial charge in [0.25, 0.3) is 5.91 Å². The summed E-state index contributed by atoms with van der Waals surface area (Å²) in [6.07, 6.45) is -0.263. The molecular formula is C20H25FN4O3. The zero-order valence-corrected chi connectivity index (χ0v) is 15.9. The van der Waals surface area contributed by atoms with Crippen LogP contribution >= 0.6 is 0 Å². The van der Waals surface area contributed by atoms with Crippen molar-refractivity contribution in [1.82, 2.24) is 10.6 Å². The Bertz CT molecular complexity index is 814. The van der Waals surface area contributed by atoms with Crippen molar-refractivity contribution in [2.24, 2.45) is 10.7 Å². The lowest BCUT2D eigenvalue weighted by atomic mass is 10.2. The average molecular weight is 388 g/mol. The Hall–Kier alpha value is -3.29. The maximum atomic E-state index is 13.6. The molecular weight excluding hydrogens is 363 g/mol. The first kappa shape index (κ1) is 21.0. The van der Waals surface area contributed by atoms with E-state index in [4.69, 9.17) is 15.2 Å². The molecule has 150 valence electrons. The monoisotopic (exact) mass is 388 g/mol. The van der Waals surface area contributed by atoms with Crippen LogP contribution in [0.5, 0.6) is 11.5 Å². The van der Waals surface area contributed by atoms with Crippen LogP contribution in [0.3, 0.4) is 0 Å². The topological polar surface area (TPSA) is 98.0 Å². The predicted octanol–water partition coefficient (Wildman–Crippen LogP) is 1.82. The van der Waals surface area contributed by atoms with Crippen LogP contribution in [0.25, 0.3) is 0 Å². The van der Waals surface area contributed by atoms with Crippen LogP contribution in [0.2, 0.25) is 0 Å². The van der Waals surface area contributed by atoms with Gasteiger partial charge in [-0.25, -0.2) is 4.39 Å². The zero-order chi connectivity index (χ0) is 20.4. The molecule has 0 aliphatic carbocycles. The van der Waals surface area contributed by atoms with Gasteiger partial charge in [0.2, 0.25) is 0 Å². The van der Waals surface area contributed by atoms with Crippen molar-refractivity contribution < 1.29 is 18.7 Å². The molecule has 0 radical (unpaired) electrons. The second-order valence-corrected chi connectivity index (χ2v) is 6.07. The second kappa shape index (κ2) is 10.8. The van der Waals surface area contributed by atoms with E-state index >= 15 is 0 Å². The molecule has 0 aromatic heterocycles. The van der Waals surface area contributed by atoms with E-state index in [1.54, 1.807) is 31.3 Å². The summed E-state index contributed by atoms with van der Waals surface area (Å²) in [5.74, 6) is 0.433. The number of hydrogen-bond donors (Lipinski definition) is 3. The third-order valence-corrected chi connectivity index (χ3v) is 3.68. The highest BCUT2D eigenvalue weighted by molar-refractivity contribution is 5.79. The molecule has 1 atom stereocenters. The molecule has 2 aromatic carbocycles. The van der Waals surface area contributed by atoms with E-state index in [1.165, 1.54) is 6.07 Å². The van der Waals surface area contributed by atoms with Crippen molar-refractivity contribution in [3.63, 3.8) is 0 Å². The number of halogens is 1. The van der Waals surface area contributed by atoms with E-state index < -0.39 is 11.7 Å². The summed E-state index contributed by atoms with van der Waals surface area (Å²) in [5.41, 5.74) is 6.02. The molecule has 4 N–H and O–H groups in total. The number of nitrogens with zero attached hydrogens (tertiary/aromatic N) is 1. The molecule has 2 aromatic rings. The molecule has 0 aliphatic heterocycles. The number of rotatable bonds is 9. The average Bonchev–Trinajstić information content (AvgIpc) is 2.68. The van der Waals surface area contributed by atoms with E-state index in [0.29, 0.717) is 24.8 Å². The molecule has 2 rings (SSSR count). The van der Waals surface area contributed by atoms with Crippen LogP contribution in [0, 0.1) is 5.82 Å². The molecule has 0 saturated heterocycles. The minimum atomic E-state index is -0.528. The van der Waals surface area contributed by atoms with Crippen molar-refractivity contribution in [2.45, 2.75) is 19.6 Å². The lowest BCUT2D eigenvalue weighted by Crippen LogP contribution is -2.41. The van der Waals surface area contributed by atoms with Gasteiger partial charge in [0.1, 0.15) is 11.9 Å². The maximum absolute atomic E-state index is 13.6. The number of nitrogens with two attached hydrogens (primary N) is 1. The number of benzene rings is 2. The third-order valence-electron chi connectivity index (χ3n) is 3.68. The van der Waals surface area contributed by atoms with Gasteiger partial charge in [-0.15, -0.1) is 0 Å². The number of aliphatic imine (C=N–C) groups is 1. The van der Waals surface area contributed by atoms with Crippen molar-refractivity contribution in [3.8, 4) is 11.5 Å². The highest BCUT2D eigenvalue weighted by Gasteiger charge is 2.09. The summed E-state index contributed by atoms with van der Waals surface area (Å²) >= 11 is 0. The minimum absolute atomic E-state index is 0.167. The standard InChI is InChI=1S/C20H25FN4O3/c1-14(28-18-9-4-3-8-17(18)21)11-24-20(23-2)25-12-15-6-5-7-16(10-15)27-13-19(22)26/h3-10,14H,11-13H2,1-2H3,(H2,22,26)(H2,23,24,25). The number of nitrogens with one attached hydrogen (secondary N) is 2. The summed E-state index contributed by atoms with van der Waals surface area (Å²) in [6, 6.07) is 13.6. The van der Waals surface area contributed by atoms with Gasteiger partial charge in [-0.05, 0) is 36.8 Å². The number of primary amides is 1. The fraction of sp³-hybridized carbons (Fsp3) is 0.300. The Kier molecular flexibility index (Phi) is 8.08. The summed E-state index contributed by atoms with van der Waals surface area (Å²) in [6.45, 7) is 2.61. The highest BCUT2D eigenvalue weighted by atomic mass is 19.1. The molecule has 1 amide bonds. The van der Waals surface area contributed by atoms with E-state index in [9.17, 15) is 9.18 Å². The van der Waals surface area contributed by atoms with E-state index in [1.807, 2.05) is 25.1 Å². The molecule has 0 spiro atoms. The van der Waals surface area contributed by atoms with Crippen molar-refractivity contribution >= 4 is 11.9 Å². The van der Waals surface area contributed by atoms with E-state index in [0.717, 1.165) is 5.56 Å².